The Morgan fingerprint density at radius 2 is 2.36 bits per heavy atom. The van der Waals surface area contributed by atoms with Crippen LogP contribution in [0.4, 0.5) is 0 Å². The van der Waals surface area contributed by atoms with Gasteiger partial charge in [-0.3, -0.25) is 4.79 Å². The van der Waals surface area contributed by atoms with Crippen LogP contribution < -0.4 is 11.1 Å². The van der Waals surface area contributed by atoms with Gasteiger partial charge in [0.05, 0.1) is 0 Å². The zero-order valence-corrected chi connectivity index (χ0v) is 8.96. The summed E-state index contributed by atoms with van der Waals surface area (Å²) in [6.45, 7) is 3.35. The third-order valence-corrected chi connectivity index (χ3v) is 2.67. The lowest BCUT2D eigenvalue weighted by Crippen LogP contribution is -2.32. The van der Waals surface area contributed by atoms with Crippen LogP contribution in [0.5, 0.6) is 0 Å². The van der Waals surface area contributed by atoms with Crippen molar-refractivity contribution in [2.24, 2.45) is 5.73 Å². The lowest BCUT2D eigenvalue weighted by atomic mass is 10.2. The van der Waals surface area contributed by atoms with E-state index in [9.17, 15) is 4.79 Å². The molecule has 4 nitrogen and oxygen atoms in total. The highest BCUT2D eigenvalue weighted by molar-refractivity contribution is 5.73. The number of hydrogen-bond donors (Lipinski definition) is 2. The van der Waals surface area contributed by atoms with Gasteiger partial charge in [-0.2, -0.15) is 0 Å². The van der Waals surface area contributed by atoms with Gasteiger partial charge in [-0.15, -0.1) is 0 Å². The topological polar surface area (TPSA) is 58.4 Å². The van der Waals surface area contributed by atoms with Gasteiger partial charge in [-0.25, -0.2) is 0 Å². The zero-order chi connectivity index (χ0) is 10.4. The van der Waals surface area contributed by atoms with Crippen LogP contribution >= 0.6 is 0 Å². The zero-order valence-electron chi connectivity index (χ0n) is 8.96. The van der Waals surface area contributed by atoms with Crippen LogP contribution in [0.3, 0.4) is 0 Å². The molecule has 1 amide bonds. The maximum atomic E-state index is 10.5. The van der Waals surface area contributed by atoms with Crippen LogP contribution in [-0.2, 0) is 4.79 Å². The molecule has 0 spiro atoms. The number of likely N-dealkylation sites (N-methyl/N-ethyl adjacent to an activating group) is 1. The molecule has 1 aliphatic rings. The Kier molecular flexibility index (Phi) is 4.90. The maximum Gasteiger partial charge on any atom is 0.217 e. The first-order valence-corrected chi connectivity index (χ1v) is 5.38. The van der Waals surface area contributed by atoms with E-state index in [1.165, 1.54) is 13.0 Å². The van der Waals surface area contributed by atoms with E-state index in [1.54, 1.807) is 0 Å². The van der Waals surface area contributed by atoms with Gasteiger partial charge in [0.15, 0.2) is 0 Å². The molecular formula is C10H21N3O. The molecule has 3 N–H and O–H groups in total. The smallest absolute Gasteiger partial charge is 0.217 e. The highest BCUT2D eigenvalue weighted by Gasteiger charge is 2.17. The number of nitrogens with two attached hydrogens (primary N) is 1. The molecule has 4 heteroatoms. The lowest BCUT2D eigenvalue weighted by molar-refractivity contribution is -0.118. The monoisotopic (exact) mass is 199 g/mol. The number of carbonyl (C=O) groups is 1. The molecule has 0 radical (unpaired) electrons. The minimum absolute atomic E-state index is 0.189. The predicted molar refractivity (Wildman–Crippen MR) is 57.0 cm³/mol. The van der Waals surface area contributed by atoms with Crippen LogP contribution in [0, 0.1) is 0 Å². The SMILES string of the molecule is CN1CCC(NCCCCC(N)=O)C1. The molecule has 0 saturated carbocycles. The van der Waals surface area contributed by atoms with Crippen LogP contribution in [0.25, 0.3) is 0 Å². The summed E-state index contributed by atoms with van der Waals surface area (Å²) in [5.41, 5.74) is 5.05. The number of unbranched alkanes of at least 4 members (excludes halogenated alkanes) is 1. The number of rotatable bonds is 6. The van der Waals surface area contributed by atoms with Gasteiger partial charge in [0.2, 0.25) is 5.91 Å². The Morgan fingerprint density at radius 1 is 1.57 bits per heavy atom. The van der Waals surface area contributed by atoms with Crippen molar-refractivity contribution in [2.45, 2.75) is 31.7 Å². The fraction of sp³-hybridized carbons (Fsp3) is 0.900. The molecular weight excluding hydrogens is 178 g/mol. The van der Waals surface area contributed by atoms with Crippen molar-refractivity contribution in [1.29, 1.82) is 0 Å². The molecule has 82 valence electrons. The van der Waals surface area contributed by atoms with Gasteiger partial charge >= 0.3 is 0 Å². The second-order valence-corrected chi connectivity index (χ2v) is 4.13. The summed E-state index contributed by atoms with van der Waals surface area (Å²) < 4.78 is 0. The fourth-order valence-electron chi connectivity index (χ4n) is 1.83. The highest BCUT2D eigenvalue weighted by Crippen LogP contribution is 2.06. The number of carbonyl (C=O) groups excluding carboxylic acids is 1. The molecule has 1 saturated heterocycles. The number of amides is 1. The van der Waals surface area contributed by atoms with E-state index in [0.29, 0.717) is 12.5 Å². The minimum atomic E-state index is -0.189. The molecule has 1 unspecified atom stereocenters. The van der Waals surface area contributed by atoms with Crippen molar-refractivity contribution in [2.75, 3.05) is 26.7 Å². The van der Waals surface area contributed by atoms with Gasteiger partial charge in [0.1, 0.15) is 0 Å². The summed E-state index contributed by atoms with van der Waals surface area (Å²) in [5, 5.41) is 3.49. The van der Waals surface area contributed by atoms with Crippen molar-refractivity contribution in [3.8, 4) is 0 Å². The summed E-state index contributed by atoms with van der Waals surface area (Å²) in [6, 6.07) is 0.647. The van der Waals surface area contributed by atoms with Crippen molar-refractivity contribution in [1.82, 2.24) is 10.2 Å². The third kappa shape index (κ3) is 4.58. The molecule has 0 bridgehead atoms. The number of likely N-dealkylation sites (tertiary alicyclic amines) is 1. The number of primary amides is 1. The highest BCUT2D eigenvalue weighted by atomic mass is 16.1. The third-order valence-electron chi connectivity index (χ3n) is 2.67. The van der Waals surface area contributed by atoms with E-state index in [0.717, 1.165) is 25.9 Å². The van der Waals surface area contributed by atoms with Crippen molar-refractivity contribution >= 4 is 5.91 Å². The van der Waals surface area contributed by atoms with Crippen molar-refractivity contribution < 1.29 is 4.79 Å². The van der Waals surface area contributed by atoms with Gasteiger partial charge in [0, 0.05) is 19.0 Å². The standard InChI is InChI=1S/C10H21N3O/c1-13-7-5-9(8-13)12-6-3-2-4-10(11)14/h9,12H,2-8H2,1H3,(H2,11,14). The summed E-state index contributed by atoms with van der Waals surface area (Å²) in [4.78, 5) is 12.8. The van der Waals surface area contributed by atoms with Gasteiger partial charge in [0.25, 0.3) is 0 Å². The second-order valence-electron chi connectivity index (χ2n) is 4.13. The summed E-state index contributed by atoms with van der Waals surface area (Å²) in [7, 11) is 2.15. The van der Waals surface area contributed by atoms with Crippen molar-refractivity contribution in [3.63, 3.8) is 0 Å². The molecule has 14 heavy (non-hydrogen) atoms. The Balaban J connectivity index is 1.91. The first-order chi connectivity index (χ1) is 6.68. The molecule has 0 aliphatic carbocycles. The molecule has 1 fully saturated rings. The van der Waals surface area contributed by atoms with Crippen LogP contribution in [0.2, 0.25) is 0 Å². The Hall–Kier alpha value is -0.610. The quantitative estimate of drug-likeness (QED) is 0.589. The number of nitrogens with one attached hydrogen (secondary N) is 1. The van der Waals surface area contributed by atoms with E-state index in [4.69, 9.17) is 5.73 Å². The van der Waals surface area contributed by atoms with Crippen LogP contribution in [0.15, 0.2) is 0 Å². The van der Waals surface area contributed by atoms with Crippen molar-refractivity contribution in [3.05, 3.63) is 0 Å². The van der Waals surface area contributed by atoms with E-state index in [2.05, 4.69) is 17.3 Å². The molecule has 1 aliphatic heterocycles. The van der Waals surface area contributed by atoms with E-state index in [-0.39, 0.29) is 5.91 Å². The molecule has 0 aromatic rings. The van der Waals surface area contributed by atoms with E-state index < -0.39 is 0 Å². The molecule has 1 rings (SSSR count). The predicted octanol–water partition coefficient (Wildman–Crippen LogP) is -0.0643. The maximum absolute atomic E-state index is 10.5. The molecule has 0 aromatic carbocycles. The first kappa shape index (κ1) is 11.5. The fourth-order valence-corrected chi connectivity index (χ4v) is 1.83. The second kappa shape index (κ2) is 5.98. The average Bonchev–Trinajstić information content (AvgIpc) is 2.50. The molecule has 1 atom stereocenters. The van der Waals surface area contributed by atoms with Gasteiger partial charge < -0.3 is 16.0 Å². The van der Waals surface area contributed by atoms with Gasteiger partial charge in [-0.05, 0) is 39.4 Å². The average molecular weight is 199 g/mol. The Labute approximate surface area is 85.8 Å². The molecule has 0 aromatic heterocycles. The summed E-state index contributed by atoms with van der Waals surface area (Å²) >= 11 is 0. The Morgan fingerprint density at radius 3 is 2.93 bits per heavy atom. The normalized spacial score (nSPS) is 22.8. The minimum Gasteiger partial charge on any atom is -0.370 e. The van der Waals surface area contributed by atoms with Crippen LogP contribution in [-0.4, -0.2) is 43.5 Å². The lowest BCUT2D eigenvalue weighted by Gasteiger charge is -2.12. The van der Waals surface area contributed by atoms with E-state index >= 15 is 0 Å². The summed E-state index contributed by atoms with van der Waals surface area (Å²) in [6.07, 6.45) is 3.71. The number of hydrogen-bond acceptors (Lipinski definition) is 3. The van der Waals surface area contributed by atoms with E-state index in [1.807, 2.05) is 0 Å². The van der Waals surface area contributed by atoms with Crippen LogP contribution in [0.1, 0.15) is 25.7 Å². The Bertz CT molecular complexity index is 184. The molecule has 1 heterocycles. The summed E-state index contributed by atoms with van der Waals surface area (Å²) in [5.74, 6) is -0.189. The van der Waals surface area contributed by atoms with Gasteiger partial charge in [-0.1, -0.05) is 0 Å². The largest absolute Gasteiger partial charge is 0.370 e. The first-order valence-electron chi connectivity index (χ1n) is 5.38. The number of nitrogens with zero attached hydrogens (tertiary/aromatic N) is 1.